The zero-order valence-corrected chi connectivity index (χ0v) is 12.6. The van der Waals surface area contributed by atoms with Gasteiger partial charge in [0.05, 0.1) is 17.1 Å². The molecule has 0 saturated heterocycles. The molecule has 102 valence electrons. The number of nitrogens with one attached hydrogen (secondary N) is 1. The average Bonchev–Trinajstić information content (AvgIpc) is 2.72. The Bertz CT molecular complexity index is 696. The summed E-state index contributed by atoms with van der Waals surface area (Å²) in [5.41, 5.74) is 6.86. The number of aryl methyl sites for hydroxylation is 1. The maximum Gasteiger partial charge on any atom is 0.242 e. The van der Waals surface area contributed by atoms with E-state index in [1.165, 1.54) is 6.07 Å². The largest absolute Gasteiger partial charge is 0.399 e. The zero-order valence-electron chi connectivity index (χ0n) is 10.2. The van der Waals surface area contributed by atoms with Crippen molar-refractivity contribution in [3.8, 4) is 0 Å². The molecule has 0 atom stereocenters. The summed E-state index contributed by atoms with van der Waals surface area (Å²) in [6.07, 6.45) is 1.61. The van der Waals surface area contributed by atoms with Crippen LogP contribution in [0.2, 0.25) is 0 Å². The molecule has 0 unspecified atom stereocenters. The van der Waals surface area contributed by atoms with E-state index in [1.54, 1.807) is 36.1 Å². The number of halogens is 1. The van der Waals surface area contributed by atoms with Crippen LogP contribution < -0.4 is 10.5 Å². The summed E-state index contributed by atoms with van der Waals surface area (Å²) in [4.78, 5) is 0.156. The highest BCUT2D eigenvalue weighted by Crippen LogP contribution is 2.24. The molecule has 0 radical (unpaired) electrons. The van der Waals surface area contributed by atoms with Crippen molar-refractivity contribution in [3.63, 3.8) is 0 Å². The van der Waals surface area contributed by atoms with Gasteiger partial charge in [-0.2, -0.15) is 5.10 Å². The fourth-order valence-corrected chi connectivity index (χ4v) is 3.65. The molecule has 19 heavy (non-hydrogen) atoms. The lowest BCUT2D eigenvalue weighted by Crippen LogP contribution is -2.24. The van der Waals surface area contributed by atoms with Crippen molar-refractivity contribution in [1.29, 1.82) is 0 Å². The van der Waals surface area contributed by atoms with Gasteiger partial charge in [-0.15, -0.1) is 0 Å². The molecule has 0 aliphatic rings. The van der Waals surface area contributed by atoms with Crippen molar-refractivity contribution in [3.05, 3.63) is 40.6 Å². The van der Waals surface area contributed by atoms with E-state index in [4.69, 9.17) is 5.73 Å². The molecule has 0 saturated carbocycles. The third-order valence-corrected chi connectivity index (χ3v) is 4.99. The van der Waals surface area contributed by atoms with Crippen LogP contribution >= 0.6 is 15.9 Å². The Kier molecular flexibility index (Phi) is 3.93. The molecule has 0 amide bonds. The molecule has 2 rings (SSSR count). The van der Waals surface area contributed by atoms with Crippen molar-refractivity contribution >= 4 is 31.6 Å². The van der Waals surface area contributed by atoms with Crippen molar-refractivity contribution in [2.75, 3.05) is 5.73 Å². The van der Waals surface area contributed by atoms with Crippen LogP contribution in [0.4, 0.5) is 5.69 Å². The first-order valence-electron chi connectivity index (χ1n) is 5.42. The number of rotatable bonds is 4. The molecule has 8 heteroatoms. The van der Waals surface area contributed by atoms with Gasteiger partial charge < -0.3 is 5.73 Å². The van der Waals surface area contributed by atoms with Gasteiger partial charge in [0, 0.05) is 23.4 Å². The minimum absolute atomic E-state index is 0.156. The van der Waals surface area contributed by atoms with Gasteiger partial charge in [0.25, 0.3) is 0 Å². The topological polar surface area (TPSA) is 90.0 Å². The molecule has 1 aromatic heterocycles. The van der Waals surface area contributed by atoms with E-state index in [0.29, 0.717) is 10.2 Å². The number of sulfonamides is 1. The lowest BCUT2D eigenvalue weighted by molar-refractivity contribution is 0.576. The van der Waals surface area contributed by atoms with Crippen molar-refractivity contribution in [1.82, 2.24) is 14.5 Å². The van der Waals surface area contributed by atoms with Gasteiger partial charge in [-0.05, 0) is 40.2 Å². The zero-order chi connectivity index (χ0) is 14.0. The first kappa shape index (κ1) is 14.0. The number of nitrogens with zero attached hydrogens (tertiary/aromatic N) is 2. The number of aromatic nitrogens is 2. The summed E-state index contributed by atoms with van der Waals surface area (Å²) in [7, 11) is -1.84. The molecule has 1 heterocycles. The van der Waals surface area contributed by atoms with Crippen molar-refractivity contribution < 1.29 is 8.42 Å². The molecule has 0 aliphatic heterocycles. The van der Waals surface area contributed by atoms with Crippen LogP contribution in [0.5, 0.6) is 0 Å². The van der Waals surface area contributed by atoms with Gasteiger partial charge in [-0.1, -0.05) is 0 Å². The lowest BCUT2D eigenvalue weighted by Gasteiger charge is -2.09. The average molecular weight is 345 g/mol. The SMILES string of the molecule is Cn1nccc1CNS(=O)(=O)c1ccc(N)cc1Br. The quantitative estimate of drug-likeness (QED) is 0.816. The van der Waals surface area contributed by atoms with Crippen LogP contribution in [0.3, 0.4) is 0 Å². The minimum atomic E-state index is -3.59. The number of hydrogen-bond donors (Lipinski definition) is 2. The molecule has 6 nitrogen and oxygen atoms in total. The van der Waals surface area contributed by atoms with Crippen molar-refractivity contribution in [2.45, 2.75) is 11.4 Å². The van der Waals surface area contributed by atoms with Crippen LogP contribution in [0.25, 0.3) is 0 Å². The first-order chi connectivity index (χ1) is 8.90. The fraction of sp³-hybridized carbons (Fsp3) is 0.182. The van der Waals surface area contributed by atoms with Crippen LogP contribution in [0.1, 0.15) is 5.69 Å². The molecule has 0 spiro atoms. The highest BCUT2D eigenvalue weighted by atomic mass is 79.9. The molecular formula is C11H13BrN4O2S. The first-order valence-corrected chi connectivity index (χ1v) is 7.69. The highest BCUT2D eigenvalue weighted by Gasteiger charge is 2.17. The third kappa shape index (κ3) is 3.14. The van der Waals surface area contributed by atoms with E-state index in [0.717, 1.165) is 5.69 Å². The Hall–Kier alpha value is -1.38. The normalized spacial score (nSPS) is 11.7. The minimum Gasteiger partial charge on any atom is -0.399 e. The summed E-state index contributed by atoms with van der Waals surface area (Å²) in [5, 5.41) is 3.98. The standard InChI is InChI=1S/C11H13BrN4O2S/c1-16-9(4-5-14-16)7-15-19(17,18)11-3-2-8(13)6-10(11)12/h2-6,15H,7,13H2,1H3. The van der Waals surface area contributed by atoms with Gasteiger partial charge in [0.2, 0.25) is 10.0 Å². The van der Waals surface area contributed by atoms with E-state index in [9.17, 15) is 8.42 Å². The smallest absolute Gasteiger partial charge is 0.242 e. The fourth-order valence-electron chi connectivity index (χ4n) is 1.56. The van der Waals surface area contributed by atoms with Crippen LogP contribution in [0, 0.1) is 0 Å². The Morgan fingerprint density at radius 2 is 2.16 bits per heavy atom. The summed E-state index contributed by atoms with van der Waals surface area (Å²) in [6.45, 7) is 0.176. The number of nitrogens with two attached hydrogens (primary N) is 1. The maximum atomic E-state index is 12.2. The molecule has 1 aromatic carbocycles. The second-order valence-electron chi connectivity index (χ2n) is 3.96. The Balaban J connectivity index is 2.21. The predicted molar refractivity (Wildman–Crippen MR) is 75.8 cm³/mol. The number of nitrogen functional groups attached to an aromatic ring is 1. The number of benzene rings is 1. The Morgan fingerprint density at radius 3 is 2.74 bits per heavy atom. The second-order valence-corrected chi connectivity index (χ2v) is 6.55. The van der Waals surface area contributed by atoms with E-state index < -0.39 is 10.0 Å². The van der Waals surface area contributed by atoms with Gasteiger partial charge >= 0.3 is 0 Å². The number of anilines is 1. The van der Waals surface area contributed by atoms with E-state index >= 15 is 0 Å². The molecule has 0 bridgehead atoms. The summed E-state index contributed by atoms with van der Waals surface area (Å²) < 4.78 is 28.9. The summed E-state index contributed by atoms with van der Waals surface area (Å²) in [6, 6.07) is 6.31. The summed E-state index contributed by atoms with van der Waals surface area (Å²) in [5.74, 6) is 0. The van der Waals surface area contributed by atoms with Crippen molar-refractivity contribution in [2.24, 2.45) is 7.05 Å². The van der Waals surface area contributed by atoms with E-state index in [-0.39, 0.29) is 11.4 Å². The Labute approximate surface area is 119 Å². The van der Waals surface area contributed by atoms with Gasteiger partial charge in [0.15, 0.2) is 0 Å². The van der Waals surface area contributed by atoms with Gasteiger partial charge in [0.1, 0.15) is 0 Å². The molecule has 0 aliphatic carbocycles. The maximum absolute atomic E-state index is 12.2. The van der Waals surface area contributed by atoms with Crippen LogP contribution in [-0.2, 0) is 23.6 Å². The molecule has 3 N–H and O–H groups in total. The van der Waals surface area contributed by atoms with E-state index in [2.05, 4.69) is 25.8 Å². The monoisotopic (exact) mass is 344 g/mol. The Morgan fingerprint density at radius 1 is 1.42 bits per heavy atom. The second kappa shape index (κ2) is 5.32. The predicted octanol–water partition coefficient (Wildman–Crippen LogP) is 1.24. The van der Waals surface area contributed by atoms with Gasteiger partial charge in [-0.3, -0.25) is 4.68 Å². The molecular weight excluding hydrogens is 332 g/mol. The van der Waals surface area contributed by atoms with E-state index in [1.807, 2.05) is 0 Å². The van der Waals surface area contributed by atoms with Crippen LogP contribution in [0.15, 0.2) is 39.8 Å². The summed E-state index contributed by atoms with van der Waals surface area (Å²) >= 11 is 3.20. The van der Waals surface area contributed by atoms with Crippen LogP contribution in [-0.4, -0.2) is 18.2 Å². The highest BCUT2D eigenvalue weighted by molar-refractivity contribution is 9.10. The lowest BCUT2D eigenvalue weighted by atomic mass is 10.3. The molecule has 0 fully saturated rings. The molecule has 2 aromatic rings. The number of hydrogen-bond acceptors (Lipinski definition) is 4. The van der Waals surface area contributed by atoms with Gasteiger partial charge in [-0.25, -0.2) is 13.1 Å². The third-order valence-electron chi connectivity index (χ3n) is 2.61.